The Kier molecular flexibility index (Phi) is 14.5. The van der Waals surface area contributed by atoms with Gasteiger partial charge in [-0.2, -0.15) is 0 Å². The van der Waals surface area contributed by atoms with E-state index >= 15 is 0 Å². The fraction of sp³-hybridized carbons (Fsp3) is 0.783. The van der Waals surface area contributed by atoms with Crippen molar-refractivity contribution in [3.63, 3.8) is 0 Å². The Morgan fingerprint density at radius 2 is 1.90 bits per heavy atom. The van der Waals surface area contributed by atoms with E-state index in [0.717, 1.165) is 44.3 Å². The van der Waals surface area contributed by atoms with Crippen LogP contribution in [0.1, 0.15) is 71.6 Å². The first-order chi connectivity index (χ1) is 14.1. The van der Waals surface area contributed by atoms with Crippen LogP contribution in [0, 0.1) is 11.8 Å². The number of rotatable bonds is 17. The third kappa shape index (κ3) is 11.4. The van der Waals surface area contributed by atoms with Gasteiger partial charge >= 0.3 is 5.97 Å². The van der Waals surface area contributed by atoms with E-state index < -0.39 is 6.29 Å². The molecule has 0 amide bonds. The van der Waals surface area contributed by atoms with Gasteiger partial charge in [-0.1, -0.05) is 31.4 Å². The summed E-state index contributed by atoms with van der Waals surface area (Å²) in [6.07, 6.45) is 13.1. The maximum Gasteiger partial charge on any atom is 0.305 e. The van der Waals surface area contributed by atoms with Gasteiger partial charge in [0.25, 0.3) is 0 Å². The molecule has 3 unspecified atom stereocenters. The lowest BCUT2D eigenvalue weighted by Gasteiger charge is -2.30. The fourth-order valence-corrected chi connectivity index (χ4v) is 3.65. The van der Waals surface area contributed by atoms with Gasteiger partial charge in [0.2, 0.25) is 0 Å². The van der Waals surface area contributed by atoms with Gasteiger partial charge < -0.3 is 24.4 Å². The minimum atomic E-state index is -0.749. The van der Waals surface area contributed by atoms with Gasteiger partial charge in [0.15, 0.2) is 6.29 Å². The summed E-state index contributed by atoms with van der Waals surface area (Å²) < 4.78 is 16.3. The van der Waals surface area contributed by atoms with Crippen LogP contribution in [0.15, 0.2) is 24.0 Å². The van der Waals surface area contributed by atoms with Crippen molar-refractivity contribution in [3.05, 3.63) is 24.0 Å². The first kappa shape index (κ1) is 25.7. The maximum absolute atomic E-state index is 11.5. The first-order valence-corrected chi connectivity index (χ1v) is 11.2. The van der Waals surface area contributed by atoms with E-state index in [9.17, 15) is 9.90 Å². The number of aliphatic hydroxyl groups is 2. The number of carbonyl (C=O) groups is 1. The molecule has 0 spiro atoms. The summed E-state index contributed by atoms with van der Waals surface area (Å²) in [5.41, 5.74) is 0. The molecule has 0 aliphatic heterocycles. The zero-order valence-electron chi connectivity index (χ0n) is 18.2. The molecule has 0 saturated carbocycles. The molecule has 6 nitrogen and oxygen atoms in total. The summed E-state index contributed by atoms with van der Waals surface area (Å²) in [5.74, 6) is 1.31. The molecule has 0 aromatic carbocycles. The third-order valence-electron chi connectivity index (χ3n) is 5.13. The Hall–Kier alpha value is -1.37. The number of carbonyl (C=O) groups excluding carboxylic acids is 1. The fourth-order valence-electron chi connectivity index (χ4n) is 3.65. The van der Waals surface area contributed by atoms with Gasteiger partial charge in [-0.05, 0) is 57.9 Å². The highest BCUT2D eigenvalue weighted by Crippen LogP contribution is 2.35. The van der Waals surface area contributed by atoms with Crippen molar-refractivity contribution in [2.24, 2.45) is 11.8 Å². The van der Waals surface area contributed by atoms with Crippen LogP contribution >= 0.6 is 0 Å². The van der Waals surface area contributed by atoms with Gasteiger partial charge in [0, 0.05) is 25.6 Å². The highest BCUT2D eigenvalue weighted by molar-refractivity contribution is 5.69. The Labute approximate surface area is 175 Å². The Morgan fingerprint density at radius 3 is 2.62 bits per heavy atom. The van der Waals surface area contributed by atoms with E-state index in [4.69, 9.17) is 19.3 Å². The van der Waals surface area contributed by atoms with Crippen LogP contribution in [0.4, 0.5) is 0 Å². The second kappa shape index (κ2) is 16.4. The largest absolute Gasteiger partial charge is 0.498 e. The molecular weight excluding hydrogens is 372 g/mol. The van der Waals surface area contributed by atoms with Gasteiger partial charge in [0.05, 0.1) is 19.0 Å². The van der Waals surface area contributed by atoms with E-state index in [-0.39, 0.29) is 18.5 Å². The topological polar surface area (TPSA) is 85.2 Å². The van der Waals surface area contributed by atoms with Crippen molar-refractivity contribution < 1.29 is 29.2 Å². The number of hydrogen-bond acceptors (Lipinski definition) is 6. The predicted octanol–water partition coefficient (Wildman–Crippen LogP) is 4.11. The molecule has 0 bridgehead atoms. The van der Waals surface area contributed by atoms with Gasteiger partial charge in [0.1, 0.15) is 0 Å². The van der Waals surface area contributed by atoms with Crippen LogP contribution in [0.25, 0.3) is 0 Å². The lowest BCUT2D eigenvalue weighted by molar-refractivity contribution is -0.143. The number of esters is 1. The van der Waals surface area contributed by atoms with Gasteiger partial charge in [-0.25, -0.2) is 0 Å². The van der Waals surface area contributed by atoms with Crippen LogP contribution in [0.5, 0.6) is 0 Å². The average Bonchev–Trinajstić information content (AvgIpc) is 2.70. The molecule has 6 heteroatoms. The number of allylic oxidation sites excluding steroid dienone is 4. The van der Waals surface area contributed by atoms with Crippen LogP contribution < -0.4 is 0 Å². The number of ether oxygens (including phenoxy) is 3. The second-order valence-electron chi connectivity index (χ2n) is 7.40. The van der Waals surface area contributed by atoms with E-state index in [1.54, 1.807) is 6.92 Å². The summed E-state index contributed by atoms with van der Waals surface area (Å²) in [5, 5.41) is 18.9. The van der Waals surface area contributed by atoms with Crippen molar-refractivity contribution >= 4 is 5.97 Å². The second-order valence-corrected chi connectivity index (χ2v) is 7.40. The Morgan fingerprint density at radius 1 is 1.10 bits per heavy atom. The monoisotopic (exact) mass is 412 g/mol. The lowest BCUT2D eigenvalue weighted by Crippen LogP contribution is -2.23. The van der Waals surface area contributed by atoms with Crippen molar-refractivity contribution in [2.45, 2.75) is 77.9 Å². The van der Waals surface area contributed by atoms with Crippen molar-refractivity contribution in [1.82, 2.24) is 0 Å². The molecule has 2 N–H and O–H groups in total. The lowest BCUT2D eigenvalue weighted by atomic mass is 9.80. The molecule has 1 aliphatic rings. The van der Waals surface area contributed by atoms with Crippen molar-refractivity contribution in [3.8, 4) is 0 Å². The minimum absolute atomic E-state index is 0.189. The number of hydrogen-bond donors (Lipinski definition) is 2. The molecule has 0 saturated heterocycles. The molecule has 0 aromatic heterocycles. The van der Waals surface area contributed by atoms with Crippen LogP contribution in [0.2, 0.25) is 0 Å². The molecule has 0 fully saturated rings. The molecular formula is C23H40O6. The predicted molar refractivity (Wildman–Crippen MR) is 113 cm³/mol. The summed E-state index contributed by atoms with van der Waals surface area (Å²) in [7, 11) is 0. The quantitative estimate of drug-likeness (QED) is 0.212. The van der Waals surface area contributed by atoms with Crippen molar-refractivity contribution in [1.29, 1.82) is 0 Å². The molecule has 168 valence electrons. The zero-order chi connectivity index (χ0) is 21.3. The van der Waals surface area contributed by atoms with Crippen molar-refractivity contribution in [2.75, 3.05) is 26.4 Å². The van der Waals surface area contributed by atoms with Gasteiger partial charge in [-0.3, -0.25) is 4.79 Å². The van der Waals surface area contributed by atoms with Crippen LogP contribution in [0.3, 0.4) is 0 Å². The number of aliphatic hydroxyl groups excluding tert-OH is 2. The molecule has 0 radical (unpaired) electrons. The van der Waals surface area contributed by atoms with Gasteiger partial charge in [-0.15, -0.1) is 0 Å². The highest BCUT2D eigenvalue weighted by Gasteiger charge is 2.27. The van der Waals surface area contributed by atoms with E-state index in [0.29, 0.717) is 45.0 Å². The SMILES string of the molecule is CCOC(=O)CCCOC1=CC=CC(CCCCCCO)C1CCC(O)OCC. The average molecular weight is 413 g/mol. The van der Waals surface area contributed by atoms with Crippen LogP contribution in [-0.2, 0) is 19.0 Å². The standard InChI is InChI=1S/C23H40O6/c1-3-27-22(25)14-10-18-29-21-13-9-12-19(11-7-5-6-8-17-24)20(21)15-16-23(26)28-4-2/h9,12-13,19-20,23-24,26H,3-8,10-11,14-18H2,1-2H3. The summed E-state index contributed by atoms with van der Waals surface area (Å²) >= 11 is 0. The molecule has 0 aromatic rings. The highest BCUT2D eigenvalue weighted by atomic mass is 16.6. The summed E-state index contributed by atoms with van der Waals surface area (Å²) in [6.45, 7) is 5.31. The Balaban J connectivity index is 2.55. The van der Waals surface area contributed by atoms with Crippen LogP contribution in [-0.4, -0.2) is 48.9 Å². The molecule has 1 rings (SSSR count). The normalized spacial score (nSPS) is 19.7. The third-order valence-corrected chi connectivity index (χ3v) is 5.13. The molecule has 1 aliphatic carbocycles. The Bertz CT molecular complexity index is 488. The smallest absolute Gasteiger partial charge is 0.305 e. The molecule has 3 atom stereocenters. The summed E-state index contributed by atoms with van der Waals surface area (Å²) in [6, 6.07) is 0. The van der Waals surface area contributed by atoms with E-state index in [1.165, 1.54) is 0 Å². The molecule has 0 heterocycles. The maximum atomic E-state index is 11.5. The summed E-state index contributed by atoms with van der Waals surface area (Å²) in [4.78, 5) is 11.5. The van der Waals surface area contributed by atoms with E-state index in [2.05, 4.69) is 12.2 Å². The number of unbranched alkanes of at least 4 members (excludes halogenated alkanes) is 3. The zero-order valence-corrected chi connectivity index (χ0v) is 18.2. The first-order valence-electron chi connectivity index (χ1n) is 11.2. The van der Waals surface area contributed by atoms with E-state index in [1.807, 2.05) is 13.0 Å². The minimum Gasteiger partial charge on any atom is -0.498 e. The molecule has 29 heavy (non-hydrogen) atoms.